The molecule has 1 fully saturated rings. The Labute approximate surface area is 181 Å². The maximum Gasteiger partial charge on any atom is 0.341 e. The molecule has 1 saturated heterocycles. The van der Waals surface area contributed by atoms with Crippen LogP contribution >= 0.6 is 0 Å². The Morgan fingerprint density at radius 1 is 1.03 bits per heavy atom. The fourth-order valence-electron chi connectivity index (χ4n) is 3.81. The Morgan fingerprint density at radius 2 is 1.74 bits per heavy atom. The molecule has 7 nitrogen and oxygen atoms in total. The first-order valence-corrected chi connectivity index (χ1v) is 10.6. The number of fused-ring (bicyclic) bond motifs is 1. The molecule has 0 unspecified atom stereocenters. The molecule has 0 atom stereocenters. The van der Waals surface area contributed by atoms with Gasteiger partial charge in [-0.05, 0) is 48.6 Å². The van der Waals surface area contributed by atoms with Gasteiger partial charge in [0.25, 0.3) is 5.91 Å². The van der Waals surface area contributed by atoms with Crippen LogP contribution in [0.15, 0.2) is 54.9 Å². The summed E-state index contributed by atoms with van der Waals surface area (Å²) < 4.78 is 4.96. The van der Waals surface area contributed by atoms with Crippen molar-refractivity contribution in [3.8, 4) is 0 Å². The monoisotopic (exact) mass is 418 g/mol. The lowest BCUT2D eigenvalue weighted by atomic mass is 9.97. The summed E-state index contributed by atoms with van der Waals surface area (Å²) in [6.45, 7) is 4.37. The number of hydrogen-bond donors (Lipinski definition) is 1. The van der Waals surface area contributed by atoms with Crippen LogP contribution in [0.3, 0.4) is 0 Å². The van der Waals surface area contributed by atoms with E-state index in [-0.39, 0.29) is 5.91 Å². The summed E-state index contributed by atoms with van der Waals surface area (Å²) in [5.74, 6) is 0.590. The zero-order valence-electron chi connectivity index (χ0n) is 17.6. The molecule has 1 N–H and O–H groups in total. The second-order valence-corrected chi connectivity index (χ2v) is 7.69. The Kier molecular flexibility index (Phi) is 6.40. The van der Waals surface area contributed by atoms with E-state index in [9.17, 15) is 9.59 Å². The molecule has 2 heterocycles. The minimum Gasteiger partial charge on any atom is -0.462 e. The van der Waals surface area contributed by atoms with Gasteiger partial charge in [0.2, 0.25) is 5.95 Å². The standard InChI is InChI=1S/C24H26N4O3/c1-2-31-23(30)21-15-26-24(27-16-21)28-11-9-17(10-12-28)14-25-22(29)20-8-7-18-5-3-4-6-19(18)13-20/h3-8,13,15-17H,2,9-12,14H2,1H3,(H,25,29). The van der Waals surface area contributed by atoms with Gasteiger partial charge >= 0.3 is 5.97 Å². The van der Waals surface area contributed by atoms with E-state index in [0.29, 0.717) is 36.1 Å². The largest absolute Gasteiger partial charge is 0.462 e. The number of piperidine rings is 1. The second kappa shape index (κ2) is 9.55. The number of esters is 1. The number of rotatable bonds is 6. The van der Waals surface area contributed by atoms with E-state index in [1.54, 1.807) is 6.92 Å². The van der Waals surface area contributed by atoms with Crippen molar-refractivity contribution in [1.29, 1.82) is 0 Å². The molecule has 0 bridgehead atoms. The third kappa shape index (κ3) is 4.99. The van der Waals surface area contributed by atoms with Crippen molar-refractivity contribution in [2.24, 2.45) is 5.92 Å². The summed E-state index contributed by atoms with van der Waals surface area (Å²) in [6, 6.07) is 13.8. The van der Waals surface area contributed by atoms with Crippen LogP contribution < -0.4 is 10.2 Å². The van der Waals surface area contributed by atoms with Gasteiger partial charge in [0, 0.05) is 37.6 Å². The molecule has 1 aromatic heterocycles. The van der Waals surface area contributed by atoms with E-state index < -0.39 is 5.97 Å². The Balaban J connectivity index is 1.27. The lowest BCUT2D eigenvalue weighted by Gasteiger charge is -2.32. The summed E-state index contributed by atoms with van der Waals surface area (Å²) in [4.78, 5) is 35.0. The number of ether oxygens (including phenoxy) is 1. The molecule has 0 aliphatic carbocycles. The number of benzene rings is 2. The maximum atomic E-state index is 12.6. The number of amides is 1. The average molecular weight is 418 g/mol. The molecule has 3 aromatic rings. The summed E-state index contributed by atoms with van der Waals surface area (Å²) in [5, 5.41) is 5.28. The predicted molar refractivity (Wildman–Crippen MR) is 119 cm³/mol. The number of nitrogens with zero attached hydrogens (tertiary/aromatic N) is 3. The van der Waals surface area contributed by atoms with Gasteiger partial charge in [-0.25, -0.2) is 14.8 Å². The summed E-state index contributed by atoms with van der Waals surface area (Å²) in [7, 11) is 0. The molecular weight excluding hydrogens is 392 g/mol. The highest BCUT2D eigenvalue weighted by Crippen LogP contribution is 2.21. The van der Waals surface area contributed by atoms with Crippen molar-refractivity contribution in [3.63, 3.8) is 0 Å². The van der Waals surface area contributed by atoms with Crippen LogP contribution in [0.1, 0.15) is 40.5 Å². The van der Waals surface area contributed by atoms with Gasteiger partial charge in [-0.2, -0.15) is 0 Å². The molecule has 2 aromatic carbocycles. The summed E-state index contributed by atoms with van der Waals surface area (Å²) in [6.07, 6.45) is 4.91. The zero-order valence-corrected chi connectivity index (χ0v) is 17.6. The van der Waals surface area contributed by atoms with E-state index in [2.05, 4.69) is 20.2 Å². The van der Waals surface area contributed by atoms with E-state index >= 15 is 0 Å². The Hall–Kier alpha value is -3.48. The molecule has 0 radical (unpaired) electrons. The van der Waals surface area contributed by atoms with Crippen molar-refractivity contribution >= 4 is 28.6 Å². The summed E-state index contributed by atoms with van der Waals surface area (Å²) in [5.41, 5.74) is 1.04. The SMILES string of the molecule is CCOC(=O)c1cnc(N2CCC(CNC(=O)c3ccc4ccccc4c3)CC2)nc1. The van der Waals surface area contributed by atoms with Gasteiger partial charge in [0.05, 0.1) is 12.2 Å². The van der Waals surface area contributed by atoms with Crippen LogP contribution in [0.25, 0.3) is 10.8 Å². The smallest absolute Gasteiger partial charge is 0.341 e. The Bertz CT molecular complexity index is 1060. The lowest BCUT2D eigenvalue weighted by molar-refractivity contribution is 0.0525. The zero-order chi connectivity index (χ0) is 21.6. The van der Waals surface area contributed by atoms with Gasteiger partial charge in [-0.15, -0.1) is 0 Å². The second-order valence-electron chi connectivity index (χ2n) is 7.69. The average Bonchev–Trinajstić information content (AvgIpc) is 2.83. The highest BCUT2D eigenvalue weighted by molar-refractivity contribution is 5.98. The van der Waals surface area contributed by atoms with Gasteiger partial charge in [-0.3, -0.25) is 4.79 Å². The number of anilines is 1. The van der Waals surface area contributed by atoms with Crippen molar-refractivity contribution in [2.75, 3.05) is 31.1 Å². The third-order valence-corrected chi connectivity index (χ3v) is 5.61. The normalized spacial score (nSPS) is 14.4. The van der Waals surface area contributed by atoms with E-state index in [1.165, 1.54) is 12.4 Å². The number of carbonyl (C=O) groups is 2. The molecule has 1 aliphatic rings. The molecule has 0 saturated carbocycles. The van der Waals surface area contributed by atoms with Crippen LogP contribution in [0, 0.1) is 5.92 Å². The molecule has 1 amide bonds. The Morgan fingerprint density at radius 3 is 2.45 bits per heavy atom. The first-order valence-electron chi connectivity index (χ1n) is 10.6. The number of nitrogens with one attached hydrogen (secondary N) is 1. The molecule has 4 rings (SSSR count). The number of aromatic nitrogens is 2. The van der Waals surface area contributed by atoms with Gasteiger partial charge in [0.1, 0.15) is 0 Å². The first kappa shape index (κ1) is 20.8. The topological polar surface area (TPSA) is 84.4 Å². The molecule has 31 heavy (non-hydrogen) atoms. The predicted octanol–water partition coefficient (Wildman–Crippen LogP) is 3.45. The summed E-state index contributed by atoms with van der Waals surface area (Å²) >= 11 is 0. The molecule has 160 valence electrons. The number of carbonyl (C=O) groups excluding carboxylic acids is 2. The van der Waals surface area contributed by atoms with Crippen LogP contribution in [-0.2, 0) is 4.74 Å². The van der Waals surface area contributed by atoms with E-state index in [0.717, 1.165) is 36.7 Å². The highest BCUT2D eigenvalue weighted by atomic mass is 16.5. The van der Waals surface area contributed by atoms with Crippen LogP contribution in [0.5, 0.6) is 0 Å². The van der Waals surface area contributed by atoms with Crippen molar-refractivity contribution < 1.29 is 14.3 Å². The van der Waals surface area contributed by atoms with Gasteiger partial charge in [0.15, 0.2) is 0 Å². The van der Waals surface area contributed by atoms with E-state index in [4.69, 9.17) is 4.74 Å². The quantitative estimate of drug-likeness (QED) is 0.617. The van der Waals surface area contributed by atoms with Gasteiger partial charge < -0.3 is 15.0 Å². The van der Waals surface area contributed by atoms with Crippen molar-refractivity contribution in [1.82, 2.24) is 15.3 Å². The van der Waals surface area contributed by atoms with Crippen molar-refractivity contribution in [2.45, 2.75) is 19.8 Å². The number of hydrogen-bond acceptors (Lipinski definition) is 6. The van der Waals surface area contributed by atoms with Crippen LogP contribution in [-0.4, -0.2) is 48.1 Å². The van der Waals surface area contributed by atoms with Gasteiger partial charge in [-0.1, -0.05) is 30.3 Å². The third-order valence-electron chi connectivity index (χ3n) is 5.61. The van der Waals surface area contributed by atoms with Crippen LogP contribution in [0.2, 0.25) is 0 Å². The minimum absolute atomic E-state index is 0.0360. The molecule has 0 spiro atoms. The van der Waals surface area contributed by atoms with E-state index in [1.807, 2.05) is 42.5 Å². The van der Waals surface area contributed by atoms with Crippen LogP contribution in [0.4, 0.5) is 5.95 Å². The lowest BCUT2D eigenvalue weighted by Crippen LogP contribution is -2.39. The first-order chi connectivity index (χ1) is 15.1. The molecular formula is C24H26N4O3. The fraction of sp³-hybridized carbons (Fsp3) is 0.333. The fourth-order valence-corrected chi connectivity index (χ4v) is 3.81. The van der Waals surface area contributed by atoms with Crippen molar-refractivity contribution in [3.05, 3.63) is 66.0 Å². The molecule has 7 heteroatoms. The maximum absolute atomic E-state index is 12.6. The molecule has 1 aliphatic heterocycles. The highest BCUT2D eigenvalue weighted by Gasteiger charge is 2.22. The minimum atomic E-state index is -0.407.